The molecule has 2 atom stereocenters. The van der Waals surface area contributed by atoms with E-state index in [2.05, 4.69) is 10.1 Å². The van der Waals surface area contributed by atoms with Gasteiger partial charge in [-0.2, -0.15) is 4.98 Å². The average molecular weight is 349 g/mol. The summed E-state index contributed by atoms with van der Waals surface area (Å²) in [6.45, 7) is 4.59. The van der Waals surface area contributed by atoms with Crippen LogP contribution in [0.1, 0.15) is 38.0 Å². The predicted molar refractivity (Wildman–Crippen MR) is 92.1 cm³/mol. The van der Waals surface area contributed by atoms with Gasteiger partial charge in [-0.1, -0.05) is 35.8 Å². The molecule has 2 aromatic rings. The molecule has 1 saturated heterocycles. The molecule has 128 valence electrons. The quantitative estimate of drug-likeness (QED) is 0.830. The van der Waals surface area contributed by atoms with Crippen molar-refractivity contribution in [2.24, 2.45) is 0 Å². The van der Waals surface area contributed by atoms with Crippen LogP contribution in [0.2, 0.25) is 5.02 Å². The van der Waals surface area contributed by atoms with Gasteiger partial charge in [-0.3, -0.25) is 9.69 Å². The molecule has 3 rings (SSSR count). The maximum absolute atomic E-state index is 12.9. The van der Waals surface area contributed by atoms with E-state index in [-0.39, 0.29) is 18.0 Å². The number of aryl methyl sites for hydroxylation is 1. The minimum atomic E-state index is -0.228. The van der Waals surface area contributed by atoms with Crippen LogP contribution in [0.15, 0.2) is 28.8 Å². The van der Waals surface area contributed by atoms with E-state index < -0.39 is 0 Å². The number of aromatic nitrogens is 2. The zero-order valence-electron chi connectivity index (χ0n) is 14.1. The second-order valence-electron chi connectivity index (χ2n) is 5.99. The van der Waals surface area contributed by atoms with Crippen molar-refractivity contribution in [3.63, 3.8) is 0 Å². The Bertz CT molecular complexity index is 733. The fourth-order valence-corrected chi connectivity index (χ4v) is 3.22. The molecule has 1 aromatic heterocycles. The van der Waals surface area contributed by atoms with Gasteiger partial charge in [-0.25, -0.2) is 0 Å². The molecule has 1 amide bonds. The summed E-state index contributed by atoms with van der Waals surface area (Å²) >= 11 is 6.23. The van der Waals surface area contributed by atoms with Crippen molar-refractivity contribution in [1.82, 2.24) is 15.0 Å². The van der Waals surface area contributed by atoms with Crippen molar-refractivity contribution >= 4 is 23.2 Å². The molecule has 0 saturated carbocycles. The number of benzene rings is 1. The number of nitrogens with zero attached hydrogens (tertiary/aromatic N) is 4. The number of hydrogen-bond acceptors (Lipinski definition) is 5. The number of anilines is 1. The maximum atomic E-state index is 12.9. The molecule has 24 heavy (non-hydrogen) atoms. The lowest BCUT2D eigenvalue weighted by Gasteiger charge is -2.27. The largest absolute Gasteiger partial charge is 0.338 e. The van der Waals surface area contributed by atoms with Gasteiger partial charge in [-0.15, -0.1) is 0 Å². The van der Waals surface area contributed by atoms with Crippen molar-refractivity contribution < 1.29 is 9.32 Å². The normalized spacial score (nSPS) is 19.3. The summed E-state index contributed by atoms with van der Waals surface area (Å²) in [4.78, 5) is 21.0. The molecule has 0 N–H and O–H groups in total. The lowest BCUT2D eigenvalue weighted by Crippen LogP contribution is -2.41. The summed E-state index contributed by atoms with van der Waals surface area (Å²) in [7, 11) is 1.92. The molecule has 0 aliphatic carbocycles. The Labute approximate surface area is 146 Å². The number of hydrogen-bond donors (Lipinski definition) is 0. The van der Waals surface area contributed by atoms with E-state index in [0.717, 1.165) is 18.5 Å². The summed E-state index contributed by atoms with van der Waals surface area (Å²) in [5.74, 6) is 1.27. The van der Waals surface area contributed by atoms with E-state index in [4.69, 9.17) is 16.1 Å². The zero-order chi connectivity index (χ0) is 17.3. The SMILES string of the molecule is CCc1noc([C@H](C)N(C)[C@H]2CCN(c3ccccc3Cl)C2=O)n1. The van der Waals surface area contributed by atoms with Gasteiger partial charge in [0, 0.05) is 13.0 Å². The van der Waals surface area contributed by atoms with Crippen LogP contribution in [0.3, 0.4) is 0 Å². The Balaban J connectivity index is 1.76. The second kappa shape index (κ2) is 6.91. The van der Waals surface area contributed by atoms with Gasteiger partial charge in [0.15, 0.2) is 5.82 Å². The van der Waals surface area contributed by atoms with Gasteiger partial charge in [-0.05, 0) is 32.5 Å². The van der Waals surface area contributed by atoms with Crippen LogP contribution in [0.4, 0.5) is 5.69 Å². The highest BCUT2D eigenvalue weighted by Crippen LogP contribution is 2.32. The van der Waals surface area contributed by atoms with Gasteiger partial charge in [0.1, 0.15) is 0 Å². The first-order chi connectivity index (χ1) is 11.5. The van der Waals surface area contributed by atoms with E-state index >= 15 is 0 Å². The van der Waals surface area contributed by atoms with Gasteiger partial charge >= 0.3 is 0 Å². The number of amides is 1. The average Bonchev–Trinajstić information content (AvgIpc) is 3.21. The number of carbonyl (C=O) groups excluding carboxylic acids is 1. The van der Waals surface area contributed by atoms with Crippen LogP contribution < -0.4 is 4.90 Å². The fourth-order valence-electron chi connectivity index (χ4n) is 2.98. The standard InChI is InChI=1S/C17H21ClN4O2/c1-4-15-19-16(24-20-15)11(2)21(3)14-9-10-22(17(14)23)13-8-6-5-7-12(13)18/h5-8,11,14H,4,9-10H2,1-3H3/t11-,14-/m0/s1. The smallest absolute Gasteiger partial charge is 0.244 e. The Morgan fingerprint density at radius 3 is 2.88 bits per heavy atom. The molecular formula is C17H21ClN4O2. The summed E-state index contributed by atoms with van der Waals surface area (Å²) in [6.07, 6.45) is 1.46. The molecular weight excluding hydrogens is 328 g/mol. The topological polar surface area (TPSA) is 62.5 Å². The second-order valence-corrected chi connectivity index (χ2v) is 6.40. The van der Waals surface area contributed by atoms with Crippen LogP contribution >= 0.6 is 11.6 Å². The number of rotatable bonds is 5. The van der Waals surface area contributed by atoms with E-state index in [1.54, 1.807) is 11.0 Å². The Morgan fingerprint density at radius 2 is 2.21 bits per heavy atom. The van der Waals surface area contributed by atoms with Crippen LogP contribution in [0.5, 0.6) is 0 Å². The van der Waals surface area contributed by atoms with Crippen molar-refractivity contribution in [1.29, 1.82) is 0 Å². The summed E-state index contributed by atoms with van der Waals surface area (Å²) < 4.78 is 5.32. The van der Waals surface area contributed by atoms with Crippen molar-refractivity contribution in [2.75, 3.05) is 18.5 Å². The summed E-state index contributed by atoms with van der Waals surface area (Å²) in [6, 6.07) is 7.07. The van der Waals surface area contributed by atoms with E-state index in [0.29, 0.717) is 23.3 Å². The van der Waals surface area contributed by atoms with E-state index in [1.165, 1.54) is 0 Å². The van der Waals surface area contributed by atoms with Gasteiger partial charge in [0.05, 0.1) is 22.8 Å². The van der Waals surface area contributed by atoms with Crippen molar-refractivity contribution in [2.45, 2.75) is 38.8 Å². The van der Waals surface area contributed by atoms with E-state index in [1.807, 2.05) is 44.0 Å². The Kier molecular flexibility index (Phi) is 4.87. The van der Waals surface area contributed by atoms with Gasteiger partial charge in [0.25, 0.3) is 0 Å². The molecule has 6 nitrogen and oxygen atoms in total. The Hall–Kier alpha value is -1.92. The number of para-hydroxylation sites is 1. The van der Waals surface area contributed by atoms with E-state index in [9.17, 15) is 4.79 Å². The minimum absolute atomic E-state index is 0.0488. The van der Waals surface area contributed by atoms with Crippen LogP contribution in [0, 0.1) is 0 Å². The predicted octanol–water partition coefficient (Wildman–Crippen LogP) is 3.08. The monoisotopic (exact) mass is 348 g/mol. The van der Waals surface area contributed by atoms with Crippen molar-refractivity contribution in [3.05, 3.63) is 41.0 Å². The van der Waals surface area contributed by atoms with Crippen LogP contribution in [-0.2, 0) is 11.2 Å². The highest BCUT2D eigenvalue weighted by Gasteiger charge is 2.38. The molecule has 1 aromatic carbocycles. The first kappa shape index (κ1) is 16.9. The molecule has 2 heterocycles. The molecule has 0 spiro atoms. The molecule has 1 aliphatic heterocycles. The highest BCUT2D eigenvalue weighted by molar-refractivity contribution is 6.33. The lowest BCUT2D eigenvalue weighted by molar-refractivity contribution is -0.122. The third-order valence-corrected chi connectivity index (χ3v) is 4.90. The van der Waals surface area contributed by atoms with Gasteiger partial charge < -0.3 is 9.42 Å². The Morgan fingerprint density at radius 1 is 1.46 bits per heavy atom. The van der Waals surface area contributed by atoms with Crippen LogP contribution in [0.25, 0.3) is 0 Å². The number of carbonyl (C=O) groups is 1. The third kappa shape index (κ3) is 3.03. The number of likely N-dealkylation sites (N-methyl/N-ethyl adjacent to an activating group) is 1. The van der Waals surface area contributed by atoms with Crippen LogP contribution in [-0.4, -0.2) is 40.6 Å². The summed E-state index contributed by atoms with van der Waals surface area (Å²) in [5.41, 5.74) is 0.763. The molecule has 7 heteroatoms. The first-order valence-electron chi connectivity index (χ1n) is 8.13. The molecule has 0 bridgehead atoms. The lowest BCUT2D eigenvalue weighted by atomic mass is 10.1. The van der Waals surface area contributed by atoms with Gasteiger partial charge in [0.2, 0.25) is 11.8 Å². The molecule has 1 fully saturated rings. The molecule has 0 unspecified atom stereocenters. The highest BCUT2D eigenvalue weighted by atomic mass is 35.5. The third-order valence-electron chi connectivity index (χ3n) is 4.58. The zero-order valence-corrected chi connectivity index (χ0v) is 14.8. The minimum Gasteiger partial charge on any atom is -0.338 e. The first-order valence-corrected chi connectivity index (χ1v) is 8.51. The fraction of sp³-hybridized carbons (Fsp3) is 0.471. The number of halogens is 1. The van der Waals surface area contributed by atoms with Crippen molar-refractivity contribution in [3.8, 4) is 0 Å². The maximum Gasteiger partial charge on any atom is 0.244 e. The molecule has 0 radical (unpaired) electrons. The molecule has 1 aliphatic rings. The summed E-state index contributed by atoms with van der Waals surface area (Å²) in [5, 5.41) is 4.52.